The van der Waals surface area contributed by atoms with Crippen molar-refractivity contribution in [1.29, 1.82) is 0 Å². The normalized spacial score (nSPS) is 15.7. The second-order valence-corrected chi connectivity index (χ2v) is 15.0. The molecule has 2 aromatic rings. The quantitative estimate of drug-likeness (QED) is 0.240. The summed E-state index contributed by atoms with van der Waals surface area (Å²) in [6.07, 6.45) is 10.4. The van der Waals surface area contributed by atoms with E-state index in [1.165, 1.54) is 33.5 Å². The predicted molar refractivity (Wildman–Crippen MR) is 166 cm³/mol. The van der Waals surface area contributed by atoms with E-state index < -0.39 is 37.5 Å². The van der Waals surface area contributed by atoms with Crippen LogP contribution in [0.2, 0.25) is 0 Å². The zero-order valence-electron chi connectivity index (χ0n) is 25.7. The van der Waals surface area contributed by atoms with E-state index in [1.807, 2.05) is 0 Å². The average Bonchev–Trinajstić information content (AvgIpc) is 3.69. The molecule has 0 aliphatic heterocycles. The second kappa shape index (κ2) is 14.4. The molecule has 0 bridgehead atoms. The highest BCUT2D eigenvalue weighted by Gasteiger charge is 2.29. The SMILES string of the molecule is COC(=O)c1cc(S(C)(=O)=O)c(C2CCCC2)cc1OC.COc1cc(C2CCCC2)c(S(C)(=O)=O)cc1C(=O)N=C(N)N. The Morgan fingerprint density at radius 1 is 0.705 bits per heavy atom. The van der Waals surface area contributed by atoms with Crippen molar-refractivity contribution < 1.29 is 40.6 Å². The summed E-state index contributed by atoms with van der Waals surface area (Å²) in [5.74, 6) is -0.737. The molecule has 0 aromatic heterocycles. The van der Waals surface area contributed by atoms with Crippen LogP contribution in [0.4, 0.5) is 0 Å². The minimum Gasteiger partial charge on any atom is -0.496 e. The molecule has 4 rings (SSSR count). The van der Waals surface area contributed by atoms with Gasteiger partial charge in [0.05, 0.1) is 36.7 Å². The standard InChI is InChI=1S/C15H21N3O4S.C15H20O5S/c1-22-12-7-10(9-5-3-4-6-9)13(23(2,20)21)8-11(12)14(19)18-15(16)17;1-19-13-8-11(10-6-4-5-7-10)14(21(3,17)18)9-12(13)15(16)20-2/h7-9H,3-6H2,1-2H3,(H4,16,17,18,19);8-10H,4-7H2,1-3H3. The van der Waals surface area contributed by atoms with Gasteiger partial charge in [-0.3, -0.25) is 4.79 Å². The van der Waals surface area contributed by atoms with E-state index in [1.54, 1.807) is 12.1 Å². The van der Waals surface area contributed by atoms with Crippen LogP contribution in [0, 0.1) is 0 Å². The Balaban J connectivity index is 0.000000241. The minimum atomic E-state index is -3.50. The highest BCUT2D eigenvalue weighted by atomic mass is 32.2. The number of amides is 1. The smallest absolute Gasteiger partial charge is 0.341 e. The summed E-state index contributed by atoms with van der Waals surface area (Å²) in [5.41, 5.74) is 12.1. The van der Waals surface area contributed by atoms with Gasteiger partial charge >= 0.3 is 5.97 Å². The van der Waals surface area contributed by atoms with E-state index in [0.717, 1.165) is 69.4 Å². The maximum Gasteiger partial charge on any atom is 0.341 e. The third-order valence-electron chi connectivity index (χ3n) is 7.92. The first-order chi connectivity index (χ1) is 20.6. The monoisotopic (exact) mass is 651 g/mol. The molecule has 0 unspecified atom stereocenters. The molecule has 242 valence electrons. The van der Waals surface area contributed by atoms with Crippen LogP contribution in [0.25, 0.3) is 0 Å². The number of methoxy groups -OCH3 is 3. The van der Waals surface area contributed by atoms with Crippen LogP contribution in [-0.2, 0) is 24.4 Å². The summed E-state index contributed by atoms with van der Waals surface area (Å²) in [4.78, 5) is 27.7. The number of rotatable bonds is 8. The van der Waals surface area contributed by atoms with Crippen LogP contribution in [0.3, 0.4) is 0 Å². The molecule has 0 spiro atoms. The number of aliphatic imine (C=N–C) groups is 1. The number of ether oxygens (including phenoxy) is 3. The maximum atomic E-state index is 12.2. The molecule has 0 atom stereocenters. The summed E-state index contributed by atoms with van der Waals surface area (Å²) in [5, 5.41) is 0. The lowest BCUT2D eigenvalue weighted by Gasteiger charge is -2.17. The van der Waals surface area contributed by atoms with Gasteiger partial charge in [-0.05, 0) is 72.9 Å². The Labute approximate surface area is 259 Å². The molecule has 0 radical (unpaired) electrons. The fourth-order valence-electron chi connectivity index (χ4n) is 5.86. The summed E-state index contributed by atoms with van der Waals surface area (Å²) < 4.78 is 63.7. The summed E-state index contributed by atoms with van der Waals surface area (Å²) in [6.45, 7) is 0. The van der Waals surface area contributed by atoms with E-state index >= 15 is 0 Å². The number of guanidine groups is 1. The van der Waals surface area contributed by atoms with Crippen molar-refractivity contribution in [2.24, 2.45) is 16.5 Å². The van der Waals surface area contributed by atoms with Crippen LogP contribution in [0.15, 0.2) is 39.0 Å². The molecule has 0 heterocycles. The van der Waals surface area contributed by atoms with Crippen molar-refractivity contribution in [2.45, 2.75) is 73.0 Å². The van der Waals surface area contributed by atoms with E-state index in [9.17, 15) is 26.4 Å². The number of carbonyl (C=O) groups excluding carboxylic acids is 2. The number of sulfone groups is 2. The Bertz CT molecular complexity index is 1640. The fourth-order valence-corrected chi connectivity index (χ4v) is 7.83. The fraction of sp³-hybridized carbons (Fsp3) is 0.500. The van der Waals surface area contributed by atoms with Gasteiger partial charge in [0.1, 0.15) is 17.1 Å². The van der Waals surface area contributed by atoms with Gasteiger partial charge in [0.25, 0.3) is 5.91 Å². The van der Waals surface area contributed by atoms with Gasteiger partial charge in [0.2, 0.25) is 0 Å². The molecule has 2 aliphatic rings. The van der Waals surface area contributed by atoms with Crippen LogP contribution in [0.1, 0.15) is 95.0 Å². The first kappa shape index (κ1) is 34.8. The van der Waals surface area contributed by atoms with Gasteiger partial charge < -0.3 is 25.7 Å². The van der Waals surface area contributed by atoms with Crippen molar-refractivity contribution in [2.75, 3.05) is 33.8 Å². The Morgan fingerprint density at radius 3 is 1.43 bits per heavy atom. The highest BCUT2D eigenvalue weighted by Crippen LogP contribution is 2.41. The lowest BCUT2D eigenvalue weighted by atomic mass is 9.95. The number of nitrogens with zero attached hydrogens (tertiary/aromatic N) is 1. The zero-order chi connectivity index (χ0) is 32.8. The number of nitrogens with two attached hydrogens (primary N) is 2. The zero-order valence-corrected chi connectivity index (χ0v) is 27.3. The highest BCUT2D eigenvalue weighted by molar-refractivity contribution is 7.91. The van der Waals surface area contributed by atoms with E-state index in [4.69, 9.17) is 25.7 Å². The lowest BCUT2D eigenvalue weighted by Crippen LogP contribution is -2.24. The van der Waals surface area contributed by atoms with Crippen molar-refractivity contribution in [3.8, 4) is 11.5 Å². The summed E-state index contributed by atoms with van der Waals surface area (Å²) in [6, 6.07) is 6.00. The lowest BCUT2D eigenvalue weighted by molar-refractivity contribution is 0.0596. The second-order valence-electron chi connectivity index (χ2n) is 11.0. The molecule has 44 heavy (non-hydrogen) atoms. The molecule has 2 aromatic carbocycles. The van der Waals surface area contributed by atoms with Crippen LogP contribution in [-0.4, -0.2) is 68.5 Å². The van der Waals surface area contributed by atoms with Gasteiger partial charge in [0.15, 0.2) is 25.6 Å². The first-order valence-corrected chi connectivity index (χ1v) is 18.0. The number of hydrogen-bond donors (Lipinski definition) is 2. The summed E-state index contributed by atoms with van der Waals surface area (Å²) in [7, 11) is -2.79. The van der Waals surface area contributed by atoms with Gasteiger partial charge in [-0.15, -0.1) is 0 Å². The van der Waals surface area contributed by atoms with Crippen molar-refractivity contribution in [3.05, 3.63) is 46.5 Å². The number of esters is 1. The first-order valence-electron chi connectivity index (χ1n) is 14.2. The molecule has 4 N–H and O–H groups in total. The van der Waals surface area contributed by atoms with Gasteiger partial charge in [-0.25, -0.2) is 21.6 Å². The topological polar surface area (TPSA) is 195 Å². The summed E-state index contributed by atoms with van der Waals surface area (Å²) >= 11 is 0. The van der Waals surface area contributed by atoms with Crippen LogP contribution < -0.4 is 20.9 Å². The van der Waals surface area contributed by atoms with E-state index in [2.05, 4.69) is 4.99 Å². The van der Waals surface area contributed by atoms with Crippen molar-refractivity contribution in [3.63, 3.8) is 0 Å². The molecule has 14 heteroatoms. The molecule has 2 saturated carbocycles. The van der Waals surface area contributed by atoms with Crippen molar-refractivity contribution in [1.82, 2.24) is 0 Å². The van der Waals surface area contributed by atoms with Gasteiger partial charge in [0, 0.05) is 12.5 Å². The average molecular weight is 652 g/mol. The van der Waals surface area contributed by atoms with Crippen molar-refractivity contribution >= 4 is 37.5 Å². The molecular weight excluding hydrogens is 610 g/mol. The molecule has 12 nitrogen and oxygen atoms in total. The molecular formula is C30H41N3O9S2. The van der Waals surface area contributed by atoms with Gasteiger partial charge in [-0.1, -0.05) is 25.7 Å². The van der Waals surface area contributed by atoms with Crippen LogP contribution in [0.5, 0.6) is 11.5 Å². The Kier molecular flexibility index (Phi) is 11.4. The molecule has 0 saturated heterocycles. The number of carbonyl (C=O) groups is 2. The minimum absolute atomic E-state index is 0.0306. The van der Waals surface area contributed by atoms with E-state index in [0.29, 0.717) is 11.3 Å². The predicted octanol–water partition coefficient (Wildman–Crippen LogP) is 3.71. The Hall–Kier alpha value is -3.65. The largest absolute Gasteiger partial charge is 0.496 e. The number of hydrogen-bond acceptors (Lipinski definition) is 9. The third-order valence-corrected chi connectivity index (χ3v) is 10.2. The molecule has 2 aliphatic carbocycles. The molecule has 2 fully saturated rings. The maximum absolute atomic E-state index is 12.2. The van der Waals surface area contributed by atoms with E-state index in [-0.39, 0.29) is 38.5 Å². The number of benzene rings is 2. The third kappa shape index (κ3) is 8.29. The molecule has 1 amide bonds. The Morgan fingerprint density at radius 2 is 1.09 bits per heavy atom. The van der Waals surface area contributed by atoms with Crippen LogP contribution >= 0.6 is 0 Å². The van der Waals surface area contributed by atoms with Gasteiger partial charge in [-0.2, -0.15) is 4.99 Å².